The first-order valence-electron chi connectivity index (χ1n) is 6.36. The smallest absolute Gasteiger partial charge is 0.278 e. The Morgan fingerprint density at radius 3 is 2.90 bits per heavy atom. The molecule has 1 aromatic carbocycles. The van der Waals surface area contributed by atoms with Crippen molar-refractivity contribution < 1.29 is 9.26 Å². The molecule has 2 aromatic heterocycles. The molecule has 0 radical (unpaired) electrons. The minimum atomic E-state index is 0.385. The maximum absolute atomic E-state index is 5.57. The highest BCUT2D eigenvalue weighted by molar-refractivity contribution is 5.65. The molecule has 0 aliphatic carbocycles. The van der Waals surface area contributed by atoms with Crippen LogP contribution in [-0.2, 0) is 0 Å². The average Bonchev–Trinajstić information content (AvgIpc) is 3.08. The second-order valence-electron chi connectivity index (χ2n) is 4.29. The van der Waals surface area contributed by atoms with E-state index in [-0.39, 0.29) is 0 Å². The molecule has 0 atom stereocenters. The van der Waals surface area contributed by atoms with Gasteiger partial charge in [-0.2, -0.15) is 10.1 Å². The molecule has 0 saturated carbocycles. The van der Waals surface area contributed by atoms with E-state index < -0.39 is 0 Å². The summed E-state index contributed by atoms with van der Waals surface area (Å²) in [6, 6.07) is 9.45. The predicted octanol–water partition coefficient (Wildman–Crippen LogP) is 2.83. The summed E-state index contributed by atoms with van der Waals surface area (Å²) in [5.74, 6) is 1.61. The van der Waals surface area contributed by atoms with Crippen LogP contribution < -0.4 is 4.74 Å². The van der Waals surface area contributed by atoms with Gasteiger partial charge in [0.15, 0.2) is 5.69 Å². The fourth-order valence-electron chi connectivity index (χ4n) is 1.90. The summed E-state index contributed by atoms with van der Waals surface area (Å²) >= 11 is 0. The quantitative estimate of drug-likeness (QED) is 0.788. The molecule has 102 valence electrons. The third-order valence-corrected chi connectivity index (χ3v) is 2.78. The largest absolute Gasteiger partial charge is 0.493 e. The van der Waals surface area contributed by atoms with E-state index in [1.165, 1.54) is 0 Å². The summed E-state index contributed by atoms with van der Waals surface area (Å²) in [7, 11) is 0. The zero-order valence-electron chi connectivity index (χ0n) is 11.3. The van der Waals surface area contributed by atoms with Crippen molar-refractivity contribution in [3.05, 3.63) is 36.0 Å². The molecule has 1 N–H and O–H groups in total. The van der Waals surface area contributed by atoms with Crippen molar-refractivity contribution in [2.75, 3.05) is 6.61 Å². The first-order chi connectivity index (χ1) is 9.78. The van der Waals surface area contributed by atoms with Gasteiger partial charge in [-0.25, -0.2) is 0 Å². The monoisotopic (exact) mass is 270 g/mol. The third-order valence-electron chi connectivity index (χ3n) is 2.78. The SMILES string of the molecule is CCOc1ccccc1-c1noc(-c2cc(C)[nH]n2)n1. The van der Waals surface area contributed by atoms with Gasteiger partial charge in [0.05, 0.1) is 12.2 Å². The fraction of sp³-hybridized carbons (Fsp3) is 0.214. The Morgan fingerprint density at radius 1 is 1.30 bits per heavy atom. The minimum Gasteiger partial charge on any atom is -0.493 e. The van der Waals surface area contributed by atoms with E-state index in [1.807, 2.05) is 44.2 Å². The highest BCUT2D eigenvalue weighted by Crippen LogP contribution is 2.29. The van der Waals surface area contributed by atoms with Gasteiger partial charge in [0.2, 0.25) is 5.82 Å². The summed E-state index contributed by atoms with van der Waals surface area (Å²) in [6.07, 6.45) is 0. The molecule has 3 rings (SSSR count). The molecule has 0 unspecified atom stereocenters. The number of nitrogens with zero attached hydrogens (tertiary/aromatic N) is 3. The van der Waals surface area contributed by atoms with Crippen molar-refractivity contribution in [2.24, 2.45) is 0 Å². The molecule has 20 heavy (non-hydrogen) atoms. The Hall–Kier alpha value is -2.63. The number of nitrogens with one attached hydrogen (secondary N) is 1. The maximum atomic E-state index is 5.57. The zero-order chi connectivity index (χ0) is 13.9. The molecule has 0 fully saturated rings. The normalized spacial score (nSPS) is 10.7. The van der Waals surface area contributed by atoms with Gasteiger partial charge in [0, 0.05) is 5.69 Å². The third kappa shape index (κ3) is 2.27. The predicted molar refractivity (Wildman–Crippen MR) is 73.2 cm³/mol. The number of hydrogen-bond donors (Lipinski definition) is 1. The molecule has 6 heteroatoms. The molecule has 0 amide bonds. The average molecular weight is 270 g/mol. The van der Waals surface area contributed by atoms with Crippen molar-refractivity contribution >= 4 is 0 Å². The lowest BCUT2D eigenvalue weighted by atomic mass is 10.2. The van der Waals surface area contributed by atoms with E-state index in [0.29, 0.717) is 24.0 Å². The molecule has 6 nitrogen and oxygen atoms in total. The zero-order valence-corrected chi connectivity index (χ0v) is 11.3. The number of ether oxygens (including phenoxy) is 1. The Kier molecular flexibility index (Phi) is 3.20. The van der Waals surface area contributed by atoms with Crippen LogP contribution in [0.5, 0.6) is 5.75 Å². The molecule has 0 bridgehead atoms. The molecule has 2 heterocycles. The van der Waals surface area contributed by atoms with Crippen LogP contribution in [0.2, 0.25) is 0 Å². The van der Waals surface area contributed by atoms with Gasteiger partial charge in [-0.1, -0.05) is 17.3 Å². The Morgan fingerprint density at radius 2 is 2.15 bits per heavy atom. The molecule has 0 spiro atoms. The second kappa shape index (κ2) is 5.16. The van der Waals surface area contributed by atoms with E-state index in [9.17, 15) is 0 Å². The van der Waals surface area contributed by atoms with Crippen molar-refractivity contribution in [3.63, 3.8) is 0 Å². The van der Waals surface area contributed by atoms with Crippen molar-refractivity contribution in [1.29, 1.82) is 0 Å². The fourth-order valence-corrected chi connectivity index (χ4v) is 1.90. The molecule has 3 aromatic rings. The highest BCUT2D eigenvalue weighted by atomic mass is 16.5. The molecule has 0 aliphatic rings. The Balaban J connectivity index is 1.98. The highest BCUT2D eigenvalue weighted by Gasteiger charge is 2.15. The van der Waals surface area contributed by atoms with E-state index in [0.717, 1.165) is 17.0 Å². The standard InChI is InChI=1S/C14H14N4O2/c1-3-19-12-7-5-4-6-10(12)13-15-14(20-18-13)11-8-9(2)16-17-11/h4-8H,3H2,1-2H3,(H,16,17). The Labute approximate surface area is 115 Å². The van der Waals surface area contributed by atoms with Gasteiger partial charge >= 0.3 is 0 Å². The number of rotatable bonds is 4. The molecule has 0 aliphatic heterocycles. The summed E-state index contributed by atoms with van der Waals surface area (Å²) in [5.41, 5.74) is 2.38. The van der Waals surface area contributed by atoms with Gasteiger partial charge in [-0.05, 0) is 32.0 Å². The lowest BCUT2D eigenvalue weighted by Gasteiger charge is -2.05. The van der Waals surface area contributed by atoms with Crippen LogP contribution >= 0.6 is 0 Å². The summed E-state index contributed by atoms with van der Waals surface area (Å²) in [4.78, 5) is 4.37. The van der Waals surface area contributed by atoms with Crippen LogP contribution in [0, 0.1) is 6.92 Å². The number of benzene rings is 1. The van der Waals surface area contributed by atoms with Crippen molar-refractivity contribution in [2.45, 2.75) is 13.8 Å². The van der Waals surface area contributed by atoms with E-state index in [1.54, 1.807) is 0 Å². The van der Waals surface area contributed by atoms with Gasteiger partial charge in [0.25, 0.3) is 5.89 Å². The molecular formula is C14H14N4O2. The van der Waals surface area contributed by atoms with E-state index in [4.69, 9.17) is 9.26 Å². The molecular weight excluding hydrogens is 256 g/mol. The second-order valence-corrected chi connectivity index (χ2v) is 4.29. The lowest BCUT2D eigenvalue weighted by Crippen LogP contribution is -1.94. The van der Waals surface area contributed by atoms with Crippen LogP contribution in [0.1, 0.15) is 12.6 Å². The lowest BCUT2D eigenvalue weighted by molar-refractivity contribution is 0.341. The van der Waals surface area contributed by atoms with E-state index in [2.05, 4.69) is 20.3 Å². The summed E-state index contributed by atoms with van der Waals surface area (Å²) in [6.45, 7) is 4.43. The van der Waals surface area contributed by atoms with Gasteiger partial charge in [-0.15, -0.1) is 0 Å². The topological polar surface area (TPSA) is 76.8 Å². The van der Waals surface area contributed by atoms with Crippen LogP contribution in [-0.4, -0.2) is 26.9 Å². The minimum absolute atomic E-state index is 0.385. The Bertz CT molecular complexity index is 717. The van der Waals surface area contributed by atoms with Crippen LogP contribution in [0.3, 0.4) is 0 Å². The van der Waals surface area contributed by atoms with Gasteiger partial charge < -0.3 is 9.26 Å². The number of aryl methyl sites for hydroxylation is 1. The van der Waals surface area contributed by atoms with Crippen molar-refractivity contribution in [1.82, 2.24) is 20.3 Å². The summed E-state index contributed by atoms with van der Waals surface area (Å²) < 4.78 is 10.8. The van der Waals surface area contributed by atoms with Crippen molar-refractivity contribution in [3.8, 4) is 28.7 Å². The number of hydrogen-bond acceptors (Lipinski definition) is 5. The van der Waals surface area contributed by atoms with Gasteiger partial charge in [0.1, 0.15) is 5.75 Å². The number of para-hydroxylation sites is 1. The van der Waals surface area contributed by atoms with Crippen LogP contribution in [0.15, 0.2) is 34.9 Å². The molecule has 0 saturated heterocycles. The first kappa shape index (κ1) is 12.4. The van der Waals surface area contributed by atoms with Crippen LogP contribution in [0.4, 0.5) is 0 Å². The maximum Gasteiger partial charge on any atom is 0.278 e. The van der Waals surface area contributed by atoms with Crippen LogP contribution in [0.25, 0.3) is 23.0 Å². The number of aromatic amines is 1. The first-order valence-corrected chi connectivity index (χ1v) is 6.36. The number of aromatic nitrogens is 4. The summed E-state index contributed by atoms with van der Waals surface area (Å²) in [5, 5.41) is 10.9. The van der Waals surface area contributed by atoms with Gasteiger partial charge in [-0.3, -0.25) is 5.10 Å². The number of H-pyrrole nitrogens is 1. The van der Waals surface area contributed by atoms with E-state index >= 15 is 0 Å².